The SMILES string of the molecule is COc1c(CCC2(N)CC2)ccc(O)c1Cl. The lowest BCUT2D eigenvalue weighted by molar-refractivity contribution is 0.401. The zero-order valence-electron chi connectivity index (χ0n) is 9.29. The van der Waals surface area contributed by atoms with Crippen LogP contribution in [0.25, 0.3) is 0 Å². The highest BCUT2D eigenvalue weighted by Gasteiger charge is 2.37. The zero-order chi connectivity index (χ0) is 11.8. The van der Waals surface area contributed by atoms with Crippen LogP contribution in [0.5, 0.6) is 11.5 Å². The van der Waals surface area contributed by atoms with Crippen LogP contribution in [0.2, 0.25) is 5.02 Å². The monoisotopic (exact) mass is 241 g/mol. The van der Waals surface area contributed by atoms with Gasteiger partial charge < -0.3 is 15.6 Å². The van der Waals surface area contributed by atoms with Crippen LogP contribution in [0.4, 0.5) is 0 Å². The van der Waals surface area contributed by atoms with E-state index in [0.29, 0.717) is 5.75 Å². The lowest BCUT2D eigenvalue weighted by Crippen LogP contribution is -2.22. The van der Waals surface area contributed by atoms with Crippen LogP contribution in [-0.2, 0) is 6.42 Å². The molecule has 4 heteroatoms. The summed E-state index contributed by atoms with van der Waals surface area (Å²) in [4.78, 5) is 0. The van der Waals surface area contributed by atoms with Crippen molar-refractivity contribution in [3.8, 4) is 11.5 Å². The molecule has 0 spiro atoms. The first-order valence-electron chi connectivity index (χ1n) is 5.39. The van der Waals surface area contributed by atoms with E-state index in [1.165, 1.54) is 0 Å². The largest absolute Gasteiger partial charge is 0.506 e. The topological polar surface area (TPSA) is 55.5 Å². The molecule has 0 heterocycles. The molecule has 0 radical (unpaired) electrons. The highest BCUT2D eigenvalue weighted by Crippen LogP contribution is 2.40. The van der Waals surface area contributed by atoms with E-state index in [-0.39, 0.29) is 16.3 Å². The third kappa shape index (κ3) is 2.25. The van der Waals surface area contributed by atoms with Crippen LogP contribution in [0.15, 0.2) is 12.1 Å². The fraction of sp³-hybridized carbons (Fsp3) is 0.500. The van der Waals surface area contributed by atoms with Gasteiger partial charge in [0.15, 0.2) is 0 Å². The van der Waals surface area contributed by atoms with E-state index < -0.39 is 0 Å². The summed E-state index contributed by atoms with van der Waals surface area (Å²) in [6, 6.07) is 3.43. The van der Waals surface area contributed by atoms with Gasteiger partial charge in [-0.25, -0.2) is 0 Å². The van der Waals surface area contributed by atoms with Crippen molar-refractivity contribution in [2.24, 2.45) is 5.73 Å². The number of phenolic OH excluding ortho intramolecular Hbond substituents is 1. The quantitative estimate of drug-likeness (QED) is 0.852. The van der Waals surface area contributed by atoms with Crippen LogP contribution >= 0.6 is 11.6 Å². The second-order valence-corrected chi connectivity index (χ2v) is 4.83. The number of ether oxygens (including phenoxy) is 1. The molecular weight excluding hydrogens is 226 g/mol. The van der Waals surface area contributed by atoms with Gasteiger partial charge in [0.25, 0.3) is 0 Å². The number of rotatable bonds is 4. The molecule has 0 aliphatic heterocycles. The Morgan fingerprint density at radius 3 is 2.75 bits per heavy atom. The van der Waals surface area contributed by atoms with Gasteiger partial charge in [-0.05, 0) is 37.3 Å². The Kier molecular flexibility index (Phi) is 3.00. The number of nitrogens with two attached hydrogens (primary N) is 1. The first-order chi connectivity index (χ1) is 7.56. The number of phenols is 1. The molecule has 0 amide bonds. The van der Waals surface area contributed by atoms with Crippen LogP contribution in [0.1, 0.15) is 24.8 Å². The van der Waals surface area contributed by atoms with Crippen molar-refractivity contribution in [2.45, 2.75) is 31.2 Å². The molecule has 1 aliphatic carbocycles. The van der Waals surface area contributed by atoms with Gasteiger partial charge in [0.2, 0.25) is 0 Å². The maximum atomic E-state index is 9.46. The number of aromatic hydroxyl groups is 1. The van der Waals surface area contributed by atoms with Crippen LogP contribution < -0.4 is 10.5 Å². The van der Waals surface area contributed by atoms with Gasteiger partial charge >= 0.3 is 0 Å². The number of hydrogen-bond acceptors (Lipinski definition) is 3. The molecule has 1 saturated carbocycles. The zero-order valence-corrected chi connectivity index (χ0v) is 10.0. The number of hydrogen-bond donors (Lipinski definition) is 2. The van der Waals surface area contributed by atoms with E-state index >= 15 is 0 Å². The summed E-state index contributed by atoms with van der Waals surface area (Å²) in [5.41, 5.74) is 7.06. The van der Waals surface area contributed by atoms with Crippen LogP contribution in [-0.4, -0.2) is 17.8 Å². The second kappa shape index (κ2) is 4.15. The highest BCUT2D eigenvalue weighted by molar-refractivity contribution is 6.33. The third-order valence-corrected chi connectivity index (χ3v) is 3.51. The molecule has 1 aromatic rings. The highest BCUT2D eigenvalue weighted by atomic mass is 35.5. The number of aryl methyl sites for hydroxylation is 1. The first kappa shape index (κ1) is 11.6. The van der Waals surface area contributed by atoms with Crippen molar-refractivity contribution in [2.75, 3.05) is 7.11 Å². The Morgan fingerprint density at radius 1 is 1.50 bits per heavy atom. The van der Waals surface area contributed by atoms with Crippen molar-refractivity contribution < 1.29 is 9.84 Å². The summed E-state index contributed by atoms with van der Waals surface area (Å²) in [6.07, 6.45) is 3.96. The average molecular weight is 242 g/mol. The Bertz CT molecular complexity index is 402. The molecule has 1 aromatic carbocycles. The van der Waals surface area contributed by atoms with Gasteiger partial charge in [0.1, 0.15) is 16.5 Å². The molecule has 88 valence electrons. The van der Waals surface area contributed by atoms with Gasteiger partial charge in [0.05, 0.1) is 7.11 Å². The van der Waals surface area contributed by atoms with Crippen molar-refractivity contribution in [3.63, 3.8) is 0 Å². The Balaban J connectivity index is 2.16. The predicted molar refractivity (Wildman–Crippen MR) is 64.1 cm³/mol. The molecule has 16 heavy (non-hydrogen) atoms. The van der Waals surface area contributed by atoms with E-state index in [1.807, 2.05) is 6.07 Å². The van der Waals surface area contributed by atoms with Crippen molar-refractivity contribution >= 4 is 11.6 Å². The molecular formula is C12H16ClNO2. The van der Waals surface area contributed by atoms with Crippen molar-refractivity contribution in [1.29, 1.82) is 0 Å². The molecule has 0 saturated heterocycles. The molecule has 0 atom stereocenters. The van der Waals surface area contributed by atoms with Gasteiger partial charge in [-0.15, -0.1) is 0 Å². The van der Waals surface area contributed by atoms with Crippen LogP contribution in [0, 0.1) is 0 Å². The minimum atomic E-state index is 0.0232. The Labute approximate surface area is 100 Å². The standard InChI is InChI=1S/C12H16ClNO2/c1-16-11-8(2-3-9(15)10(11)13)4-5-12(14)6-7-12/h2-3,15H,4-7,14H2,1H3. The van der Waals surface area contributed by atoms with E-state index in [4.69, 9.17) is 22.1 Å². The third-order valence-electron chi connectivity index (χ3n) is 3.15. The summed E-state index contributed by atoms with van der Waals surface area (Å²) in [7, 11) is 1.56. The van der Waals surface area contributed by atoms with Crippen molar-refractivity contribution in [1.82, 2.24) is 0 Å². The first-order valence-corrected chi connectivity index (χ1v) is 5.77. The Morgan fingerprint density at radius 2 is 2.19 bits per heavy atom. The van der Waals surface area contributed by atoms with E-state index in [2.05, 4.69) is 0 Å². The number of benzene rings is 1. The maximum absolute atomic E-state index is 9.46. The van der Waals surface area contributed by atoms with E-state index in [0.717, 1.165) is 31.2 Å². The fourth-order valence-corrected chi connectivity index (χ4v) is 2.06. The molecule has 3 N–H and O–H groups in total. The van der Waals surface area contributed by atoms with Crippen molar-refractivity contribution in [3.05, 3.63) is 22.7 Å². The minimum absolute atomic E-state index is 0.0232. The molecule has 1 aliphatic rings. The van der Waals surface area contributed by atoms with Gasteiger partial charge in [-0.3, -0.25) is 0 Å². The van der Waals surface area contributed by atoms with E-state index in [1.54, 1.807) is 13.2 Å². The lowest BCUT2D eigenvalue weighted by Gasteiger charge is -2.13. The summed E-state index contributed by atoms with van der Waals surface area (Å²) in [5, 5.41) is 9.74. The van der Waals surface area contributed by atoms with Gasteiger partial charge in [0, 0.05) is 5.54 Å². The molecule has 0 bridgehead atoms. The average Bonchev–Trinajstić information content (AvgIpc) is 2.99. The molecule has 1 fully saturated rings. The van der Waals surface area contributed by atoms with E-state index in [9.17, 15) is 5.11 Å². The molecule has 0 unspecified atom stereocenters. The fourth-order valence-electron chi connectivity index (χ4n) is 1.80. The molecule has 0 aromatic heterocycles. The summed E-state index contributed by atoms with van der Waals surface area (Å²) in [5.74, 6) is 0.613. The smallest absolute Gasteiger partial charge is 0.144 e. The number of halogens is 1. The molecule has 3 nitrogen and oxygen atoms in total. The summed E-state index contributed by atoms with van der Waals surface area (Å²) < 4.78 is 5.21. The lowest BCUT2D eigenvalue weighted by atomic mass is 10.0. The second-order valence-electron chi connectivity index (χ2n) is 4.45. The van der Waals surface area contributed by atoms with Crippen LogP contribution in [0.3, 0.4) is 0 Å². The minimum Gasteiger partial charge on any atom is -0.506 e. The molecule has 2 rings (SSSR count). The van der Waals surface area contributed by atoms with Gasteiger partial charge in [-0.2, -0.15) is 0 Å². The number of methoxy groups -OCH3 is 1. The normalized spacial score (nSPS) is 17.2. The Hall–Kier alpha value is -0.930. The predicted octanol–water partition coefficient (Wildman–Crippen LogP) is 2.48. The maximum Gasteiger partial charge on any atom is 0.144 e. The van der Waals surface area contributed by atoms with Gasteiger partial charge in [-0.1, -0.05) is 17.7 Å². The summed E-state index contributed by atoms with van der Waals surface area (Å²) >= 11 is 5.96. The summed E-state index contributed by atoms with van der Waals surface area (Å²) in [6.45, 7) is 0.